The van der Waals surface area contributed by atoms with E-state index in [1.807, 2.05) is 13.8 Å². The Morgan fingerprint density at radius 2 is 2.00 bits per heavy atom. The molecule has 0 radical (unpaired) electrons. The normalized spacial score (nSPS) is 14.7. The van der Waals surface area contributed by atoms with Gasteiger partial charge in [0.2, 0.25) is 0 Å². The Kier molecular flexibility index (Phi) is 6.73. The van der Waals surface area contributed by atoms with E-state index in [0.29, 0.717) is 5.69 Å². The van der Waals surface area contributed by atoms with Gasteiger partial charge in [-0.1, -0.05) is 19.3 Å². The summed E-state index contributed by atoms with van der Waals surface area (Å²) >= 11 is 0. The second-order valence-electron chi connectivity index (χ2n) is 6.99. The summed E-state index contributed by atoms with van der Waals surface area (Å²) in [5, 5.41) is 10.4. The van der Waals surface area contributed by atoms with Crippen LogP contribution in [-0.4, -0.2) is 26.7 Å². The van der Waals surface area contributed by atoms with Crippen molar-refractivity contribution in [2.45, 2.75) is 58.0 Å². The molecule has 1 aliphatic carbocycles. The lowest BCUT2D eigenvalue weighted by molar-refractivity contribution is 0.100. The van der Waals surface area contributed by atoms with Gasteiger partial charge in [-0.25, -0.2) is 9.37 Å². The highest BCUT2D eigenvalue weighted by atomic mass is 19.1. The van der Waals surface area contributed by atoms with E-state index < -0.39 is 11.7 Å². The third-order valence-corrected chi connectivity index (χ3v) is 4.58. The first kappa shape index (κ1) is 20.6. The maximum Gasteiger partial charge on any atom is 0.252 e. The van der Waals surface area contributed by atoms with E-state index in [0.717, 1.165) is 31.7 Å². The lowest BCUT2D eigenvalue weighted by Crippen LogP contribution is -2.24. The third kappa shape index (κ3) is 4.94. The van der Waals surface area contributed by atoms with Gasteiger partial charge in [-0.05, 0) is 32.8 Å². The van der Waals surface area contributed by atoms with Crippen LogP contribution in [0.15, 0.2) is 18.5 Å². The van der Waals surface area contributed by atoms with E-state index in [9.17, 15) is 9.18 Å². The Labute approximate surface area is 158 Å². The number of pyridine rings is 1. The van der Waals surface area contributed by atoms with Gasteiger partial charge in [-0.3, -0.25) is 9.48 Å². The summed E-state index contributed by atoms with van der Waals surface area (Å²) in [6.07, 6.45) is 8.86. The summed E-state index contributed by atoms with van der Waals surface area (Å²) in [7, 11) is 0. The van der Waals surface area contributed by atoms with Crippen LogP contribution in [0.3, 0.4) is 0 Å². The van der Waals surface area contributed by atoms with E-state index in [1.54, 1.807) is 17.1 Å². The first-order valence-corrected chi connectivity index (χ1v) is 9.02. The zero-order valence-corrected chi connectivity index (χ0v) is 15.8. The standard InChI is InChI=1S/C18H25FN6O.H3N/c1-11(2)25-10-13(9-21-25)23-17-14(16(20)26)8-15(19)18(24-17)22-12-6-4-3-5-7-12;/h8-12H,3-7H2,1-2H3,(H2,20,26)(H2,22,23,24);1H3. The summed E-state index contributed by atoms with van der Waals surface area (Å²) in [5.74, 6) is -0.951. The fraction of sp³-hybridized carbons (Fsp3) is 0.500. The Morgan fingerprint density at radius 1 is 1.30 bits per heavy atom. The van der Waals surface area contributed by atoms with Crippen LogP contribution in [0.1, 0.15) is 62.4 Å². The summed E-state index contributed by atoms with van der Waals surface area (Å²) in [5.41, 5.74) is 6.06. The molecule has 7 N–H and O–H groups in total. The number of carbonyl (C=O) groups excluding carboxylic acids is 1. The molecule has 8 nitrogen and oxygen atoms in total. The van der Waals surface area contributed by atoms with E-state index >= 15 is 0 Å². The van der Waals surface area contributed by atoms with E-state index in [-0.39, 0.29) is 35.4 Å². The molecule has 9 heteroatoms. The topological polar surface area (TPSA) is 133 Å². The van der Waals surface area contributed by atoms with Gasteiger partial charge < -0.3 is 22.5 Å². The van der Waals surface area contributed by atoms with Gasteiger partial charge in [0.1, 0.15) is 5.82 Å². The summed E-state index contributed by atoms with van der Waals surface area (Å²) in [6, 6.07) is 1.53. The van der Waals surface area contributed by atoms with Gasteiger partial charge in [0.25, 0.3) is 5.91 Å². The molecule has 0 aliphatic heterocycles. The second-order valence-corrected chi connectivity index (χ2v) is 6.99. The fourth-order valence-corrected chi connectivity index (χ4v) is 3.14. The fourth-order valence-electron chi connectivity index (χ4n) is 3.14. The molecule has 2 heterocycles. The number of nitrogens with one attached hydrogen (secondary N) is 2. The van der Waals surface area contributed by atoms with Crippen molar-refractivity contribution < 1.29 is 9.18 Å². The molecule has 0 spiro atoms. The minimum atomic E-state index is -0.737. The lowest BCUT2D eigenvalue weighted by atomic mass is 9.95. The first-order chi connectivity index (χ1) is 12.4. The minimum Gasteiger partial charge on any atom is -0.365 e. The number of rotatable bonds is 6. The Hall–Kier alpha value is -2.68. The van der Waals surface area contributed by atoms with Crippen molar-refractivity contribution in [3.8, 4) is 0 Å². The molecular formula is C18H28FN7O. The van der Waals surface area contributed by atoms with Crippen LogP contribution in [0, 0.1) is 5.82 Å². The quantitative estimate of drug-likeness (QED) is 0.606. The SMILES string of the molecule is CC(C)n1cc(Nc2nc(NC3CCCCC3)c(F)cc2C(N)=O)cn1.N. The summed E-state index contributed by atoms with van der Waals surface area (Å²) in [6.45, 7) is 4.02. The first-order valence-electron chi connectivity index (χ1n) is 9.02. The van der Waals surface area contributed by atoms with Gasteiger partial charge >= 0.3 is 0 Å². The van der Waals surface area contributed by atoms with Crippen LogP contribution in [0.4, 0.5) is 21.7 Å². The average Bonchev–Trinajstić information content (AvgIpc) is 3.07. The second kappa shape index (κ2) is 8.81. The van der Waals surface area contributed by atoms with Crippen LogP contribution in [-0.2, 0) is 0 Å². The molecule has 0 unspecified atom stereocenters. The van der Waals surface area contributed by atoms with Crippen LogP contribution in [0.5, 0.6) is 0 Å². The number of primary amides is 1. The highest BCUT2D eigenvalue weighted by Crippen LogP contribution is 2.27. The number of halogens is 1. The van der Waals surface area contributed by atoms with E-state index in [4.69, 9.17) is 5.73 Å². The zero-order chi connectivity index (χ0) is 18.7. The third-order valence-electron chi connectivity index (χ3n) is 4.58. The monoisotopic (exact) mass is 377 g/mol. The molecule has 1 aliphatic rings. The molecule has 3 rings (SSSR count). The molecule has 0 saturated heterocycles. The number of amides is 1. The van der Waals surface area contributed by atoms with Crippen LogP contribution < -0.4 is 22.5 Å². The number of hydrogen-bond donors (Lipinski definition) is 4. The maximum absolute atomic E-state index is 14.4. The van der Waals surface area contributed by atoms with Crippen LogP contribution in [0.2, 0.25) is 0 Å². The molecule has 2 aromatic rings. The number of hydrogen-bond acceptors (Lipinski definition) is 6. The van der Waals surface area contributed by atoms with Crippen molar-refractivity contribution in [2.24, 2.45) is 5.73 Å². The molecule has 1 saturated carbocycles. The predicted molar refractivity (Wildman–Crippen MR) is 104 cm³/mol. The van der Waals surface area contributed by atoms with Crippen molar-refractivity contribution >= 4 is 23.2 Å². The molecule has 2 aromatic heterocycles. The van der Waals surface area contributed by atoms with Crippen LogP contribution in [0.25, 0.3) is 0 Å². The number of anilines is 3. The lowest BCUT2D eigenvalue weighted by Gasteiger charge is -2.24. The predicted octanol–water partition coefficient (Wildman–Crippen LogP) is 3.75. The smallest absolute Gasteiger partial charge is 0.252 e. The number of carbonyl (C=O) groups is 1. The minimum absolute atomic E-state index is 0. The molecule has 1 amide bonds. The van der Waals surface area contributed by atoms with Crippen molar-refractivity contribution in [2.75, 3.05) is 10.6 Å². The van der Waals surface area contributed by atoms with Crippen molar-refractivity contribution in [1.29, 1.82) is 0 Å². The highest BCUT2D eigenvalue weighted by Gasteiger charge is 2.20. The van der Waals surface area contributed by atoms with Crippen molar-refractivity contribution in [3.63, 3.8) is 0 Å². The average molecular weight is 377 g/mol. The maximum atomic E-state index is 14.4. The molecular weight excluding hydrogens is 349 g/mol. The number of aromatic nitrogens is 3. The van der Waals surface area contributed by atoms with E-state index in [1.165, 1.54) is 6.42 Å². The summed E-state index contributed by atoms with van der Waals surface area (Å²) in [4.78, 5) is 16.0. The Morgan fingerprint density at radius 3 is 2.59 bits per heavy atom. The van der Waals surface area contributed by atoms with Gasteiger partial charge in [0.05, 0.1) is 17.4 Å². The van der Waals surface area contributed by atoms with Gasteiger partial charge in [-0.15, -0.1) is 0 Å². The molecule has 0 bridgehead atoms. The largest absolute Gasteiger partial charge is 0.365 e. The van der Waals surface area contributed by atoms with E-state index in [2.05, 4.69) is 20.7 Å². The molecule has 1 fully saturated rings. The molecule has 148 valence electrons. The number of nitrogens with two attached hydrogens (primary N) is 1. The van der Waals surface area contributed by atoms with Crippen molar-refractivity contribution in [1.82, 2.24) is 20.9 Å². The van der Waals surface area contributed by atoms with Crippen molar-refractivity contribution in [3.05, 3.63) is 29.8 Å². The zero-order valence-electron chi connectivity index (χ0n) is 15.8. The highest BCUT2D eigenvalue weighted by molar-refractivity contribution is 5.98. The van der Waals surface area contributed by atoms with Gasteiger partial charge in [-0.2, -0.15) is 5.10 Å². The molecule has 0 atom stereocenters. The Balaban J connectivity index is 0.00000261. The summed E-state index contributed by atoms with van der Waals surface area (Å²) < 4.78 is 16.2. The van der Waals surface area contributed by atoms with Gasteiger partial charge in [0, 0.05) is 18.3 Å². The van der Waals surface area contributed by atoms with Crippen LogP contribution >= 0.6 is 0 Å². The molecule has 0 aromatic carbocycles. The number of nitrogens with zero attached hydrogens (tertiary/aromatic N) is 3. The Bertz CT molecular complexity index is 784. The van der Waals surface area contributed by atoms with Gasteiger partial charge in [0.15, 0.2) is 11.6 Å². The molecule has 27 heavy (non-hydrogen) atoms.